The molecule has 1 aliphatic heterocycles. The second kappa shape index (κ2) is 51.8. The van der Waals surface area contributed by atoms with Crippen molar-refractivity contribution in [3.63, 3.8) is 0 Å². The molecular weight excluding hydrogens is 1600 g/mol. The fourth-order valence-corrected chi connectivity index (χ4v) is 11.2. The summed E-state index contributed by atoms with van der Waals surface area (Å²) in [6.07, 6.45) is -11.6. The zero-order chi connectivity index (χ0) is 92.6. The Balaban J connectivity index is 3.09. The van der Waals surface area contributed by atoms with Crippen molar-refractivity contribution < 1.29 is 120 Å². The van der Waals surface area contributed by atoms with E-state index < -0.39 is 266 Å². The van der Waals surface area contributed by atoms with E-state index in [4.69, 9.17) is 28.4 Å². The number of esters is 1. The molecule has 12 atom stereocenters. The Kier molecular flexibility index (Phi) is 45.5. The number of hydrogen-bond donors (Lipinski definition) is 19. The maximum Gasteiger partial charge on any atom is 0.407 e. The molecule has 1 aromatic carbocycles. The zero-order valence-electron chi connectivity index (χ0n) is 74.1. The number of ether oxygens (including phenoxy) is 6. The van der Waals surface area contributed by atoms with Crippen molar-refractivity contribution in [2.24, 2.45) is 5.92 Å². The smallest absolute Gasteiger partial charge is 0.407 e. The number of alkyl carbamates (subject to hydrolysis) is 5. The molecule has 2 rings (SSSR count). The third-order valence-electron chi connectivity index (χ3n) is 16.8. The Morgan fingerprint density at radius 3 is 1.26 bits per heavy atom. The van der Waals surface area contributed by atoms with E-state index in [2.05, 4.69) is 90.4 Å². The molecule has 1 heterocycles. The highest BCUT2D eigenvalue weighted by molar-refractivity contribution is 5.99. The van der Waals surface area contributed by atoms with Crippen LogP contribution in [0.1, 0.15) is 202 Å². The number of carbonyl (C=O) groups is 17. The Morgan fingerprint density at radius 1 is 0.451 bits per heavy atom. The van der Waals surface area contributed by atoms with Gasteiger partial charge in [-0.1, -0.05) is 44.2 Å². The van der Waals surface area contributed by atoms with Crippen LogP contribution in [0.15, 0.2) is 30.3 Å². The average molecular weight is 1740 g/mol. The van der Waals surface area contributed by atoms with Gasteiger partial charge in [-0.2, -0.15) is 0 Å². The first kappa shape index (κ1) is 107. The molecule has 0 unspecified atom stereocenters. The molecule has 1 fully saturated rings. The van der Waals surface area contributed by atoms with Crippen LogP contribution in [-0.4, -0.2) is 271 Å². The molecule has 0 aliphatic carbocycles. The van der Waals surface area contributed by atoms with Gasteiger partial charge in [0.1, 0.15) is 88.4 Å². The van der Waals surface area contributed by atoms with Gasteiger partial charge in [0.25, 0.3) is 0 Å². The summed E-state index contributed by atoms with van der Waals surface area (Å²) in [5.41, 5.74) is -4.57. The van der Waals surface area contributed by atoms with E-state index in [1.165, 1.54) is 6.92 Å². The third kappa shape index (κ3) is 47.3. The van der Waals surface area contributed by atoms with Gasteiger partial charge in [0.05, 0.1) is 18.8 Å². The van der Waals surface area contributed by atoms with E-state index in [0.717, 1.165) is 13.8 Å². The fourth-order valence-electron chi connectivity index (χ4n) is 11.2. The molecule has 42 nitrogen and oxygen atoms in total. The summed E-state index contributed by atoms with van der Waals surface area (Å²) in [6.45, 7) is 28.5. The molecule has 1 aromatic rings. The van der Waals surface area contributed by atoms with Crippen molar-refractivity contribution in [1.29, 1.82) is 0 Å². The van der Waals surface area contributed by atoms with Gasteiger partial charge in [-0.25, -0.2) is 24.0 Å². The SMILES string of the molecule is CC(=O)OCCCNCCC(=O)N[C@@H](CCNC(=O)OC(C)(C)C)C(=O)N[C@H](C(=O)N[C@@H](CCNC(=O)OC(C)(C)C)C(=O)N[C@H]1CCNC(=O)[C@H]([C@@H](C)O)NC(=O)[C@H](CCNC(=O)OC(C)(C)C)NC(=O)[C@H](CCNC(=O)OC(C)(C)C)NC(=O)[C@H](CC(C)C)NC(=O)[C@@H](Cc2ccccc2)NC(=O)[C@H](CCNC(=O)OC(C)(C)C)NC1=O)[C@@H](C)O. The molecule has 0 bridgehead atoms. The van der Waals surface area contributed by atoms with Crippen LogP contribution in [0.5, 0.6) is 0 Å². The Bertz CT molecular complexity index is 3650. The largest absolute Gasteiger partial charge is 0.466 e. The maximum atomic E-state index is 15.4. The fraction of sp³-hybridized carbons (Fsp3) is 0.713. The van der Waals surface area contributed by atoms with Gasteiger partial charge in [-0.05, 0) is 187 Å². The van der Waals surface area contributed by atoms with Gasteiger partial charge in [-0.3, -0.25) is 57.5 Å². The first-order valence-electron chi connectivity index (χ1n) is 40.9. The highest BCUT2D eigenvalue weighted by Crippen LogP contribution is 2.16. The number of amides is 16. The lowest BCUT2D eigenvalue weighted by molar-refractivity contribution is -0.141. The summed E-state index contributed by atoms with van der Waals surface area (Å²) in [6, 6.07) is -9.58. The molecule has 0 aromatic heterocycles. The van der Waals surface area contributed by atoms with Crippen molar-refractivity contribution in [2.45, 2.75) is 303 Å². The van der Waals surface area contributed by atoms with Gasteiger partial charge in [0.15, 0.2) is 0 Å². The van der Waals surface area contributed by atoms with Crippen LogP contribution < -0.4 is 90.4 Å². The molecule has 1 aliphatic rings. The number of carbonyl (C=O) groups excluding carboxylic acids is 17. The summed E-state index contributed by atoms with van der Waals surface area (Å²) >= 11 is 0. The zero-order valence-corrected chi connectivity index (χ0v) is 74.1. The third-order valence-corrected chi connectivity index (χ3v) is 16.8. The monoisotopic (exact) mass is 1730 g/mol. The lowest BCUT2D eigenvalue weighted by atomic mass is 10.00. The van der Waals surface area contributed by atoms with Crippen LogP contribution in [0.3, 0.4) is 0 Å². The van der Waals surface area contributed by atoms with Crippen molar-refractivity contribution in [2.75, 3.05) is 59.0 Å². The Morgan fingerprint density at radius 2 is 0.844 bits per heavy atom. The number of rotatable bonds is 35. The molecule has 690 valence electrons. The number of aliphatic hydroxyl groups excluding tert-OH is 2. The van der Waals surface area contributed by atoms with E-state index in [9.17, 15) is 72.5 Å². The summed E-state index contributed by atoms with van der Waals surface area (Å²) in [5, 5.41) is 65.9. The highest BCUT2D eigenvalue weighted by atomic mass is 16.6. The summed E-state index contributed by atoms with van der Waals surface area (Å²) in [7, 11) is 0. The lowest BCUT2D eigenvalue weighted by Crippen LogP contribution is -2.62. The molecule has 0 saturated carbocycles. The standard InChI is InChI=1S/C80H135N17O25/c1-45(2)43-56-67(108)92-52(29-38-84-72(113)119-77(9,10)11)62(103)91-55(32-41-87-75(116)122-80(18,19)20)66(107)96-59(46(3)98)69(110)82-36-27-51(61(102)90-53(30-39-85-73(114)120-78(12,13)14)64(105)95-57(68(109)94-56)44-49-25-22-21-23-26-49)89-63(104)54(31-40-86-74(115)121-79(15,16)17)93-70(111)60(47(4)99)97-65(106)50(28-37-83-71(112)118-76(6,7)8)88-58(101)33-35-81-34-24-42-117-48(5)100/h21-23,25-26,45-47,50-57,59-60,81,98-99H,24,27-44H2,1-20H3,(H,82,110)(H,83,112)(H,84,113)(H,85,114)(H,86,115)(H,87,116)(H,88,101)(H,89,104)(H,90,102)(H,91,103)(H,92,108)(H,93,111)(H,94,109)(H,95,105)(H,96,107)(H,97,106)/t46-,47-,50+,51+,52+,53+,54+,55+,56+,57-,59+,60+/m1/s1. The number of benzene rings is 1. The van der Waals surface area contributed by atoms with E-state index in [1.54, 1.807) is 148 Å². The van der Waals surface area contributed by atoms with Gasteiger partial charge < -0.3 is 129 Å². The molecule has 19 N–H and O–H groups in total. The summed E-state index contributed by atoms with van der Waals surface area (Å²) < 4.78 is 31.8. The number of aliphatic hydroxyl groups is 2. The summed E-state index contributed by atoms with van der Waals surface area (Å²) in [4.78, 5) is 239. The molecule has 16 amide bonds. The lowest BCUT2D eigenvalue weighted by Gasteiger charge is -2.29. The van der Waals surface area contributed by atoms with Crippen molar-refractivity contribution in [3.8, 4) is 0 Å². The second-order valence-electron chi connectivity index (χ2n) is 34.7. The quantitative estimate of drug-likeness (QED) is 0.0240. The van der Waals surface area contributed by atoms with Crippen LogP contribution in [0.25, 0.3) is 0 Å². The molecule has 0 radical (unpaired) electrons. The Hall–Kier alpha value is -10.9. The molecule has 0 spiro atoms. The van der Waals surface area contributed by atoms with Crippen LogP contribution in [0.2, 0.25) is 0 Å². The topological polar surface area (TPSA) is 591 Å². The van der Waals surface area contributed by atoms with E-state index in [0.29, 0.717) is 18.5 Å². The van der Waals surface area contributed by atoms with Crippen LogP contribution in [0, 0.1) is 5.92 Å². The number of nitrogens with one attached hydrogen (secondary N) is 17. The van der Waals surface area contributed by atoms with Crippen LogP contribution in [-0.2, 0) is 92.4 Å². The predicted octanol–water partition coefficient (Wildman–Crippen LogP) is -0.0884. The first-order chi connectivity index (χ1) is 56.5. The highest BCUT2D eigenvalue weighted by Gasteiger charge is 2.39. The van der Waals surface area contributed by atoms with Crippen molar-refractivity contribution in [3.05, 3.63) is 35.9 Å². The predicted molar refractivity (Wildman–Crippen MR) is 443 cm³/mol. The normalized spacial score (nSPS) is 19.5. The van der Waals surface area contributed by atoms with Crippen molar-refractivity contribution >= 4 is 101 Å². The van der Waals surface area contributed by atoms with Gasteiger partial charge >= 0.3 is 36.4 Å². The van der Waals surface area contributed by atoms with Crippen LogP contribution in [0.4, 0.5) is 24.0 Å². The van der Waals surface area contributed by atoms with Crippen LogP contribution >= 0.6 is 0 Å². The van der Waals surface area contributed by atoms with Crippen molar-refractivity contribution in [1.82, 2.24) is 90.4 Å². The second-order valence-corrected chi connectivity index (χ2v) is 34.7. The van der Waals surface area contributed by atoms with E-state index in [-0.39, 0.29) is 51.9 Å². The average Bonchev–Trinajstić information content (AvgIpc) is 0.890. The van der Waals surface area contributed by atoms with Gasteiger partial charge in [-0.15, -0.1) is 0 Å². The minimum atomic E-state index is -1.99. The van der Waals surface area contributed by atoms with Gasteiger partial charge in [0.2, 0.25) is 65.0 Å². The molecule has 1 saturated heterocycles. The molecule has 122 heavy (non-hydrogen) atoms. The minimum Gasteiger partial charge on any atom is -0.466 e. The maximum absolute atomic E-state index is 15.4. The minimum absolute atomic E-state index is 0.0790. The van der Waals surface area contributed by atoms with Gasteiger partial charge in [0, 0.05) is 65.6 Å². The van der Waals surface area contributed by atoms with E-state index in [1.807, 2.05) is 0 Å². The molecular formula is C80H135N17O25. The number of hydrogen-bond acceptors (Lipinski definition) is 26. The first-order valence-corrected chi connectivity index (χ1v) is 40.9. The Labute approximate surface area is 713 Å². The molecule has 42 heteroatoms. The van der Waals surface area contributed by atoms with E-state index >= 15 is 19.2 Å². The summed E-state index contributed by atoms with van der Waals surface area (Å²) in [5.74, 6) is -13.0.